The van der Waals surface area contributed by atoms with Gasteiger partial charge in [-0.3, -0.25) is 4.90 Å². The number of nitrogens with zero attached hydrogens (tertiary/aromatic N) is 1. The van der Waals surface area contributed by atoms with Crippen molar-refractivity contribution >= 4 is 17.2 Å². The molecule has 0 aromatic heterocycles. The van der Waals surface area contributed by atoms with E-state index in [1.165, 1.54) is 7.11 Å². The van der Waals surface area contributed by atoms with Crippen LogP contribution in [0.4, 0.5) is 4.39 Å². The summed E-state index contributed by atoms with van der Waals surface area (Å²) in [5, 5.41) is 0. The minimum Gasteiger partial charge on any atom is -0.494 e. The number of nitrogens with two attached hydrogens (primary N) is 1. The van der Waals surface area contributed by atoms with Crippen LogP contribution in [0, 0.1) is 11.7 Å². The molecule has 1 aliphatic rings. The average Bonchev–Trinajstić information content (AvgIpc) is 2.39. The smallest absolute Gasteiger partial charge is 0.165 e. The van der Waals surface area contributed by atoms with Crippen molar-refractivity contribution in [3.63, 3.8) is 0 Å². The molecule has 1 saturated heterocycles. The van der Waals surface area contributed by atoms with E-state index in [9.17, 15) is 4.39 Å². The van der Waals surface area contributed by atoms with Crippen molar-refractivity contribution in [3.05, 3.63) is 29.6 Å². The number of hydrogen-bond donors (Lipinski definition) is 1. The molecule has 2 rings (SSSR count). The number of halogens is 1. The van der Waals surface area contributed by atoms with Crippen molar-refractivity contribution in [1.29, 1.82) is 0 Å². The van der Waals surface area contributed by atoms with Crippen LogP contribution in [0.2, 0.25) is 0 Å². The Morgan fingerprint density at radius 2 is 2.16 bits per heavy atom. The van der Waals surface area contributed by atoms with Gasteiger partial charge in [-0.15, -0.1) is 0 Å². The first-order chi connectivity index (χ1) is 9.10. The minimum atomic E-state index is -0.307. The van der Waals surface area contributed by atoms with Crippen molar-refractivity contribution < 1.29 is 9.13 Å². The quantitative estimate of drug-likeness (QED) is 0.860. The number of ether oxygens (including phenoxy) is 1. The second-order valence-electron chi connectivity index (χ2n) is 4.92. The van der Waals surface area contributed by atoms with E-state index in [4.69, 9.17) is 22.7 Å². The lowest BCUT2D eigenvalue weighted by molar-refractivity contribution is 0.202. The van der Waals surface area contributed by atoms with E-state index in [1.807, 2.05) is 6.07 Å². The molecule has 1 aromatic rings. The maximum atomic E-state index is 13.6. The summed E-state index contributed by atoms with van der Waals surface area (Å²) in [7, 11) is 1.47. The second kappa shape index (κ2) is 6.30. The first kappa shape index (κ1) is 14.2. The normalized spacial score (nSPS) is 17.4. The first-order valence-corrected chi connectivity index (χ1v) is 6.85. The van der Waals surface area contributed by atoms with Gasteiger partial charge in [-0.2, -0.15) is 0 Å². The number of likely N-dealkylation sites (tertiary alicyclic amines) is 1. The van der Waals surface area contributed by atoms with Gasteiger partial charge in [0.15, 0.2) is 11.6 Å². The number of piperidine rings is 1. The second-order valence-corrected chi connectivity index (χ2v) is 5.39. The van der Waals surface area contributed by atoms with Gasteiger partial charge in [0, 0.05) is 12.5 Å². The van der Waals surface area contributed by atoms with Crippen LogP contribution in [0.15, 0.2) is 18.2 Å². The van der Waals surface area contributed by atoms with Crippen molar-refractivity contribution in [1.82, 2.24) is 4.90 Å². The Hall–Kier alpha value is -1.20. The summed E-state index contributed by atoms with van der Waals surface area (Å²) in [6, 6.07) is 5.12. The van der Waals surface area contributed by atoms with E-state index in [0.717, 1.165) is 38.0 Å². The molecule has 0 spiro atoms. The fourth-order valence-electron chi connectivity index (χ4n) is 2.44. The molecule has 0 saturated carbocycles. The summed E-state index contributed by atoms with van der Waals surface area (Å²) in [5.41, 5.74) is 6.63. The van der Waals surface area contributed by atoms with Crippen LogP contribution in [0.5, 0.6) is 5.75 Å². The number of thiocarbonyl (C=S) groups is 1. The third kappa shape index (κ3) is 3.64. The Labute approximate surface area is 118 Å². The van der Waals surface area contributed by atoms with E-state index in [0.29, 0.717) is 10.9 Å². The predicted octanol–water partition coefficient (Wildman–Crippen LogP) is 2.33. The maximum Gasteiger partial charge on any atom is 0.165 e. The number of rotatable bonds is 4. The lowest BCUT2D eigenvalue weighted by Crippen LogP contribution is -2.37. The lowest BCUT2D eigenvalue weighted by Gasteiger charge is -2.31. The van der Waals surface area contributed by atoms with Gasteiger partial charge in [0.05, 0.1) is 12.1 Å². The van der Waals surface area contributed by atoms with Gasteiger partial charge in [-0.25, -0.2) is 4.39 Å². The van der Waals surface area contributed by atoms with Crippen LogP contribution >= 0.6 is 12.2 Å². The van der Waals surface area contributed by atoms with Crippen molar-refractivity contribution in [3.8, 4) is 5.75 Å². The van der Waals surface area contributed by atoms with Gasteiger partial charge in [0.1, 0.15) is 0 Å². The van der Waals surface area contributed by atoms with Crippen LogP contribution in [0.3, 0.4) is 0 Å². The largest absolute Gasteiger partial charge is 0.494 e. The maximum absolute atomic E-state index is 13.6. The van der Waals surface area contributed by atoms with Gasteiger partial charge in [0.25, 0.3) is 0 Å². The van der Waals surface area contributed by atoms with Crippen molar-refractivity contribution in [2.75, 3.05) is 20.2 Å². The third-order valence-electron chi connectivity index (χ3n) is 3.61. The molecular weight excluding hydrogens is 263 g/mol. The van der Waals surface area contributed by atoms with Crippen molar-refractivity contribution in [2.24, 2.45) is 11.7 Å². The van der Waals surface area contributed by atoms with Gasteiger partial charge >= 0.3 is 0 Å². The fourth-order valence-corrected chi connectivity index (χ4v) is 2.68. The number of benzene rings is 1. The summed E-state index contributed by atoms with van der Waals surface area (Å²) < 4.78 is 18.5. The van der Waals surface area contributed by atoms with E-state index in [1.54, 1.807) is 12.1 Å². The Balaban J connectivity index is 1.92. The lowest BCUT2D eigenvalue weighted by atomic mass is 9.96. The molecule has 1 aliphatic heterocycles. The molecule has 19 heavy (non-hydrogen) atoms. The molecule has 3 nitrogen and oxygen atoms in total. The van der Waals surface area contributed by atoms with E-state index in [2.05, 4.69) is 4.90 Å². The zero-order valence-corrected chi connectivity index (χ0v) is 11.9. The summed E-state index contributed by atoms with van der Waals surface area (Å²) in [6.45, 7) is 2.66. The molecule has 0 bridgehead atoms. The number of methoxy groups -OCH3 is 1. The molecule has 0 amide bonds. The van der Waals surface area contributed by atoms with Crippen LogP contribution < -0.4 is 10.5 Å². The Kier molecular flexibility index (Phi) is 4.71. The van der Waals surface area contributed by atoms with Gasteiger partial charge in [-0.1, -0.05) is 18.3 Å². The Morgan fingerprint density at radius 1 is 1.47 bits per heavy atom. The van der Waals surface area contributed by atoms with E-state index >= 15 is 0 Å². The standard InChI is InChI=1S/C14H19FN2OS/c1-18-13-3-2-10(8-12(13)15)9-17-6-4-11(5-7-17)14(16)19/h2-3,8,11H,4-7,9H2,1H3,(H2,16,19). The monoisotopic (exact) mass is 282 g/mol. The molecule has 104 valence electrons. The van der Waals surface area contributed by atoms with Gasteiger partial charge < -0.3 is 10.5 Å². The minimum absolute atomic E-state index is 0.288. The molecule has 2 N–H and O–H groups in total. The van der Waals surface area contributed by atoms with E-state index < -0.39 is 0 Å². The SMILES string of the molecule is COc1ccc(CN2CCC(C(N)=S)CC2)cc1F. The molecule has 5 heteroatoms. The van der Waals surface area contributed by atoms with Crippen LogP contribution in [-0.2, 0) is 6.54 Å². The molecule has 1 heterocycles. The molecule has 1 aromatic carbocycles. The topological polar surface area (TPSA) is 38.5 Å². The predicted molar refractivity (Wildman–Crippen MR) is 77.7 cm³/mol. The summed E-state index contributed by atoms with van der Waals surface area (Å²) in [4.78, 5) is 2.92. The van der Waals surface area contributed by atoms with Gasteiger partial charge in [0.2, 0.25) is 0 Å². The van der Waals surface area contributed by atoms with E-state index in [-0.39, 0.29) is 11.6 Å². The Morgan fingerprint density at radius 3 is 2.68 bits per heavy atom. The molecule has 0 atom stereocenters. The number of hydrogen-bond acceptors (Lipinski definition) is 3. The molecule has 0 aliphatic carbocycles. The highest BCUT2D eigenvalue weighted by atomic mass is 32.1. The third-order valence-corrected chi connectivity index (χ3v) is 3.95. The Bertz CT molecular complexity index is 459. The zero-order chi connectivity index (χ0) is 13.8. The molecule has 1 fully saturated rings. The summed E-state index contributed by atoms with van der Waals surface area (Å²) in [6.07, 6.45) is 1.99. The summed E-state index contributed by atoms with van der Waals surface area (Å²) in [5.74, 6) is 0.341. The molecule has 0 radical (unpaired) electrons. The zero-order valence-electron chi connectivity index (χ0n) is 11.1. The fraction of sp³-hybridized carbons (Fsp3) is 0.500. The molecule has 0 unspecified atom stereocenters. The highest BCUT2D eigenvalue weighted by Crippen LogP contribution is 2.22. The average molecular weight is 282 g/mol. The van der Waals surface area contributed by atoms with Crippen LogP contribution in [-0.4, -0.2) is 30.1 Å². The first-order valence-electron chi connectivity index (χ1n) is 6.44. The van der Waals surface area contributed by atoms with Gasteiger partial charge in [-0.05, 0) is 43.6 Å². The molecular formula is C14H19FN2OS. The highest BCUT2D eigenvalue weighted by Gasteiger charge is 2.21. The van der Waals surface area contributed by atoms with Crippen LogP contribution in [0.25, 0.3) is 0 Å². The highest BCUT2D eigenvalue weighted by molar-refractivity contribution is 7.80. The van der Waals surface area contributed by atoms with Crippen molar-refractivity contribution in [2.45, 2.75) is 19.4 Å². The van der Waals surface area contributed by atoms with Crippen LogP contribution in [0.1, 0.15) is 18.4 Å². The summed E-state index contributed by atoms with van der Waals surface area (Å²) >= 11 is 5.02.